The van der Waals surface area contributed by atoms with Crippen LogP contribution in [0.2, 0.25) is 0 Å². The van der Waals surface area contributed by atoms with Crippen molar-refractivity contribution in [1.82, 2.24) is 14.9 Å². The standard InChI is InChI=1S/C19H22N4O3/c1-11-7-6-8-12(2)18(11)25-10-15-14(4)26-22-17(15)19(24)20-16-9-23(5)21-13(16)3/h6-9H,10H2,1-5H3,(H,20,24). The Balaban J connectivity index is 1.80. The minimum atomic E-state index is -0.349. The molecule has 0 bridgehead atoms. The van der Waals surface area contributed by atoms with Gasteiger partial charge in [0, 0.05) is 13.2 Å². The van der Waals surface area contributed by atoms with E-state index in [9.17, 15) is 4.79 Å². The topological polar surface area (TPSA) is 82.2 Å². The minimum absolute atomic E-state index is 0.204. The third-order valence-corrected chi connectivity index (χ3v) is 4.23. The Morgan fingerprint density at radius 3 is 2.54 bits per heavy atom. The second-order valence-corrected chi connectivity index (χ2v) is 6.33. The summed E-state index contributed by atoms with van der Waals surface area (Å²) in [5, 5.41) is 10.9. The van der Waals surface area contributed by atoms with E-state index < -0.39 is 0 Å². The lowest BCUT2D eigenvalue weighted by molar-refractivity contribution is 0.101. The van der Waals surface area contributed by atoms with E-state index in [1.54, 1.807) is 24.9 Å². The van der Waals surface area contributed by atoms with Crippen LogP contribution in [0.25, 0.3) is 0 Å². The Hall–Kier alpha value is -3.09. The lowest BCUT2D eigenvalue weighted by atomic mass is 10.1. The van der Waals surface area contributed by atoms with E-state index in [4.69, 9.17) is 9.26 Å². The van der Waals surface area contributed by atoms with Crippen LogP contribution in [0.15, 0.2) is 28.9 Å². The molecule has 0 aliphatic carbocycles. The molecule has 0 aliphatic heterocycles. The van der Waals surface area contributed by atoms with Crippen LogP contribution < -0.4 is 10.1 Å². The maximum Gasteiger partial charge on any atom is 0.278 e. The van der Waals surface area contributed by atoms with Gasteiger partial charge in [0.1, 0.15) is 18.1 Å². The molecule has 136 valence electrons. The number of amides is 1. The van der Waals surface area contributed by atoms with Crippen LogP contribution in [0, 0.1) is 27.7 Å². The van der Waals surface area contributed by atoms with Crippen LogP contribution in [0.3, 0.4) is 0 Å². The zero-order valence-electron chi connectivity index (χ0n) is 15.6. The van der Waals surface area contributed by atoms with Crippen molar-refractivity contribution >= 4 is 11.6 Å². The molecule has 3 rings (SSSR count). The molecule has 0 spiro atoms. The van der Waals surface area contributed by atoms with Gasteiger partial charge in [-0.2, -0.15) is 5.10 Å². The first-order chi connectivity index (χ1) is 12.4. The van der Waals surface area contributed by atoms with Gasteiger partial charge in [0.2, 0.25) is 0 Å². The molecule has 7 heteroatoms. The Kier molecular flexibility index (Phi) is 4.79. The van der Waals surface area contributed by atoms with Crippen molar-refractivity contribution < 1.29 is 14.1 Å². The van der Waals surface area contributed by atoms with Gasteiger partial charge >= 0.3 is 0 Å². The van der Waals surface area contributed by atoms with Gasteiger partial charge in [0.05, 0.1) is 16.9 Å². The van der Waals surface area contributed by atoms with Crippen LogP contribution in [-0.2, 0) is 13.7 Å². The van der Waals surface area contributed by atoms with Crippen LogP contribution in [0.4, 0.5) is 5.69 Å². The summed E-state index contributed by atoms with van der Waals surface area (Å²) >= 11 is 0. The summed E-state index contributed by atoms with van der Waals surface area (Å²) in [6, 6.07) is 5.96. The van der Waals surface area contributed by atoms with Gasteiger partial charge in [0.25, 0.3) is 5.91 Å². The second kappa shape index (κ2) is 7.03. The molecule has 1 amide bonds. The summed E-state index contributed by atoms with van der Waals surface area (Å²) in [6.45, 7) is 7.77. The highest BCUT2D eigenvalue weighted by Crippen LogP contribution is 2.25. The number of rotatable bonds is 5. The minimum Gasteiger partial charge on any atom is -0.488 e. The number of aryl methyl sites for hydroxylation is 5. The maximum absolute atomic E-state index is 12.6. The van der Waals surface area contributed by atoms with Gasteiger partial charge in [-0.1, -0.05) is 23.4 Å². The van der Waals surface area contributed by atoms with Crippen molar-refractivity contribution in [2.45, 2.75) is 34.3 Å². The van der Waals surface area contributed by atoms with E-state index in [2.05, 4.69) is 15.6 Å². The third kappa shape index (κ3) is 3.46. The number of para-hydroxylation sites is 1. The summed E-state index contributed by atoms with van der Waals surface area (Å²) in [5.41, 5.74) is 4.30. The van der Waals surface area contributed by atoms with E-state index in [0.717, 1.165) is 22.6 Å². The molecule has 2 heterocycles. The molecule has 2 aromatic heterocycles. The molecule has 0 atom stereocenters. The van der Waals surface area contributed by atoms with Crippen molar-refractivity contribution in [2.75, 3.05) is 5.32 Å². The molecule has 0 unspecified atom stereocenters. The van der Waals surface area contributed by atoms with Crippen molar-refractivity contribution in [3.05, 3.63) is 58.2 Å². The van der Waals surface area contributed by atoms with Gasteiger partial charge < -0.3 is 14.6 Å². The molecule has 0 radical (unpaired) electrons. The number of anilines is 1. The monoisotopic (exact) mass is 354 g/mol. The van der Waals surface area contributed by atoms with Crippen LogP contribution >= 0.6 is 0 Å². The number of benzene rings is 1. The predicted molar refractivity (Wildman–Crippen MR) is 97.4 cm³/mol. The summed E-state index contributed by atoms with van der Waals surface area (Å²) in [4.78, 5) is 12.6. The van der Waals surface area contributed by atoms with Crippen molar-refractivity contribution in [3.8, 4) is 5.75 Å². The number of nitrogens with zero attached hydrogens (tertiary/aromatic N) is 3. The molecule has 26 heavy (non-hydrogen) atoms. The number of nitrogens with one attached hydrogen (secondary N) is 1. The van der Waals surface area contributed by atoms with Gasteiger partial charge in [-0.05, 0) is 38.8 Å². The van der Waals surface area contributed by atoms with E-state index >= 15 is 0 Å². The number of aromatic nitrogens is 3. The quantitative estimate of drug-likeness (QED) is 0.758. The highest BCUT2D eigenvalue weighted by atomic mass is 16.5. The number of carbonyl (C=O) groups is 1. The fraction of sp³-hybridized carbons (Fsp3) is 0.316. The van der Waals surface area contributed by atoms with Crippen LogP contribution in [0.1, 0.15) is 38.6 Å². The van der Waals surface area contributed by atoms with E-state index in [-0.39, 0.29) is 18.2 Å². The zero-order valence-corrected chi connectivity index (χ0v) is 15.6. The fourth-order valence-corrected chi connectivity index (χ4v) is 2.81. The molecule has 7 nitrogen and oxygen atoms in total. The SMILES string of the molecule is Cc1cccc(C)c1OCc1c(C(=O)Nc2cn(C)nc2C)noc1C. The number of hydrogen-bond donors (Lipinski definition) is 1. The van der Waals surface area contributed by atoms with Gasteiger partial charge in [-0.25, -0.2) is 0 Å². The summed E-state index contributed by atoms with van der Waals surface area (Å²) in [7, 11) is 1.80. The van der Waals surface area contributed by atoms with Gasteiger partial charge in [-0.3, -0.25) is 9.48 Å². The highest BCUT2D eigenvalue weighted by Gasteiger charge is 2.22. The fourth-order valence-electron chi connectivity index (χ4n) is 2.81. The average molecular weight is 354 g/mol. The van der Waals surface area contributed by atoms with E-state index in [0.29, 0.717) is 17.0 Å². The number of carbonyl (C=O) groups excluding carboxylic acids is 1. The first-order valence-electron chi connectivity index (χ1n) is 8.32. The van der Waals surface area contributed by atoms with Gasteiger partial charge in [-0.15, -0.1) is 0 Å². The lowest BCUT2D eigenvalue weighted by Crippen LogP contribution is -2.16. The molecule has 0 aliphatic rings. The third-order valence-electron chi connectivity index (χ3n) is 4.23. The first-order valence-corrected chi connectivity index (χ1v) is 8.32. The van der Waals surface area contributed by atoms with Gasteiger partial charge in [0.15, 0.2) is 5.69 Å². The molecule has 0 fully saturated rings. The lowest BCUT2D eigenvalue weighted by Gasteiger charge is -2.12. The molecule has 0 saturated carbocycles. The van der Waals surface area contributed by atoms with Crippen molar-refractivity contribution in [2.24, 2.45) is 7.05 Å². The van der Waals surface area contributed by atoms with Crippen LogP contribution in [0.5, 0.6) is 5.75 Å². The van der Waals surface area contributed by atoms with Crippen molar-refractivity contribution in [3.63, 3.8) is 0 Å². The average Bonchev–Trinajstić information content (AvgIpc) is 3.09. The maximum atomic E-state index is 12.6. The molecule has 0 saturated heterocycles. The van der Waals surface area contributed by atoms with Crippen LogP contribution in [-0.4, -0.2) is 20.8 Å². The Morgan fingerprint density at radius 2 is 1.92 bits per heavy atom. The molecular weight excluding hydrogens is 332 g/mol. The predicted octanol–water partition coefficient (Wildman–Crippen LogP) is 3.47. The smallest absolute Gasteiger partial charge is 0.278 e. The van der Waals surface area contributed by atoms with Crippen molar-refractivity contribution in [1.29, 1.82) is 0 Å². The molecule has 3 aromatic rings. The summed E-state index contributed by atoms with van der Waals surface area (Å²) in [6.07, 6.45) is 1.74. The zero-order chi connectivity index (χ0) is 18.8. The Labute approximate surface area is 151 Å². The number of ether oxygens (including phenoxy) is 1. The first kappa shape index (κ1) is 17.7. The molecule has 1 aromatic carbocycles. The second-order valence-electron chi connectivity index (χ2n) is 6.33. The molecular formula is C19H22N4O3. The summed E-state index contributed by atoms with van der Waals surface area (Å²) < 4.78 is 12.8. The largest absolute Gasteiger partial charge is 0.488 e. The Bertz CT molecular complexity index is 936. The normalized spacial score (nSPS) is 10.8. The van der Waals surface area contributed by atoms with E-state index in [1.165, 1.54) is 0 Å². The Morgan fingerprint density at radius 1 is 1.23 bits per heavy atom. The molecule has 1 N–H and O–H groups in total. The highest BCUT2D eigenvalue weighted by molar-refractivity contribution is 6.04. The van der Waals surface area contributed by atoms with E-state index in [1.807, 2.05) is 39.0 Å². The summed E-state index contributed by atoms with van der Waals surface area (Å²) in [5.74, 6) is 1.02. The number of hydrogen-bond acceptors (Lipinski definition) is 5.